The monoisotopic (exact) mass is 416 g/mol. The van der Waals surface area contributed by atoms with Crippen molar-refractivity contribution < 1.29 is 4.79 Å². The predicted molar refractivity (Wildman–Crippen MR) is 120 cm³/mol. The van der Waals surface area contributed by atoms with Gasteiger partial charge in [-0.25, -0.2) is 4.98 Å². The first-order chi connectivity index (χ1) is 13.3. The second-order valence-electron chi connectivity index (χ2n) is 7.18. The number of amides is 1. The minimum absolute atomic E-state index is 0.154. The number of pyridine rings is 1. The second kappa shape index (κ2) is 8.45. The highest BCUT2D eigenvalue weighted by molar-refractivity contribution is 8.26. The van der Waals surface area contributed by atoms with Crippen LogP contribution in [-0.2, 0) is 4.79 Å². The third-order valence-corrected chi connectivity index (χ3v) is 5.70. The average molecular weight is 417 g/mol. The number of thiocarbonyl (C=S) groups is 1. The Hall–Kier alpha value is -2.19. The van der Waals surface area contributed by atoms with Crippen molar-refractivity contribution in [3.63, 3.8) is 0 Å². The van der Waals surface area contributed by atoms with Gasteiger partial charge >= 0.3 is 0 Å². The number of thioether (sulfide) groups is 1. The van der Waals surface area contributed by atoms with Crippen molar-refractivity contribution >= 4 is 51.7 Å². The summed E-state index contributed by atoms with van der Waals surface area (Å²) in [6.07, 6.45) is 4.22. The maximum atomic E-state index is 13.2. The maximum absolute atomic E-state index is 13.2. The van der Waals surface area contributed by atoms with Gasteiger partial charge < -0.3 is 5.32 Å². The van der Waals surface area contributed by atoms with Gasteiger partial charge in [-0.1, -0.05) is 50.8 Å². The largest absolute Gasteiger partial charge is 0.369 e. The number of aryl methyl sites for hydroxylation is 1. The number of rotatable bonds is 6. The van der Waals surface area contributed by atoms with Crippen LogP contribution >= 0.6 is 24.0 Å². The lowest BCUT2D eigenvalue weighted by Crippen LogP contribution is -2.31. The fourth-order valence-electron chi connectivity index (χ4n) is 2.97. The molecule has 1 N–H and O–H groups in total. The first kappa shape index (κ1) is 20.5. The molecule has 0 unspecified atom stereocenters. The fraction of sp³-hybridized carbons (Fsp3) is 0.400. The van der Waals surface area contributed by atoms with E-state index in [1.807, 2.05) is 39.8 Å². The van der Waals surface area contributed by atoms with Gasteiger partial charge in [-0.3, -0.25) is 18.9 Å². The summed E-state index contributed by atoms with van der Waals surface area (Å²) in [7, 11) is 0. The van der Waals surface area contributed by atoms with Crippen molar-refractivity contribution in [1.82, 2.24) is 14.3 Å². The highest BCUT2D eigenvalue weighted by atomic mass is 32.2. The van der Waals surface area contributed by atoms with Crippen LogP contribution in [0.25, 0.3) is 11.7 Å². The third kappa shape index (κ3) is 3.98. The minimum Gasteiger partial charge on any atom is -0.369 e. The van der Waals surface area contributed by atoms with Crippen molar-refractivity contribution in [2.24, 2.45) is 5.92 Å². The highest BCUT2D eigenvalue weighted by Gasteiger charge is 2.32. The number of aromatic nitrogens is 2. The number of anilines is 1. The van der Waals surface area contributed by atoms with Crippen molar-refractivity contribution in [2.45, 2.75) is 34.1 Å². The molecule has 0 aromatic carbocycles. The van der Waals surface area contributed by atoms with Crippen LogP contribution < -0.4 is 10.9 Å². The minimum atomic E-state index is -0.207. The normalized spacial score (nSPS) is 16.0. The first-order valence-electron chi connectivity index (χ1n) is 9.34. The fourth-order valence-corrected chi connectivity index (χ4v) is 4.23. The molecule has 1 saturated heterocycles. The number of nitrogens with zero attached hydrogens (tertiary/aromatic N) is 3. The SMILES string of the molecule is CCCNc1nc2c(C)cccn2c(=O)c1/C=C1\SC(=S)N(CC(C)C)C1=O. The zero-order chi connectivity index (χ0) is 20.4. The molecule has 1 amide bonds. The van der Waals surface area contributed by atoms with E-state index < -0.39 is 0 Å². The van der Waals surface area contributed by atoms with Crippen molar-refractivity contribution in [3.8, 4) is 0 Å². The van der Waals surface area contributed by atoms with Gasteiger partial charge in [0.1, 0.15) is 15.8 Å². The third-order valence-electron chi connectivity index (χ3n) is 4.32. The van der Waals surface area contributed by atoms with Gasteiger partial charge in [0.15, 0.2) is 0 Å². The van der Waals surface area contributed by atoms with E-state index >= 15 is 0 Å². The topological polar surface area (TPSA) is 66.7 Å². The van der Waals surface area contributed by atoms with Crippen LogP contribution in [0, 0.1) is 12.8 Å². The summed E-state index contributed by atoms with van der Waals surface area (Å²) >= 11 is 6.61. The summed E-state index contributed by atoms with van der Waals surface area (Å²) in [6, 6.07) is 3.73. The summed E-state index contributed by atoms with van der Waals surface area (Å²) in [5.41, 5.74) is 1.69. The Labute approximate surface area is 174 Å². The van der Waals surface area contributed by atoms with Crippen molar-refractivity contribution in [1.29, 1.82) is 0 Å². The molecular formula is C20H24N4O2S2. The Balaban J connectivity index is 2.13. The van der Waals surface area contributed by atoms with Crippen molar-refractivity contribution in [2.75, 3.05) is 18.4 Å². The summed E-state index contributed by atoms with van der Waals surface area (Å²) in [6.45, 7) is 9.29. The van der Waals surface area contributed by atoms with Gasteiger partial charge in [0.2, 0.25) is 0 Å². The molecule has 1 fully saturated rings. The van der Waals surface area contributed by atoms with Crippen LogP contribution in [0.15, 0.2) is 28.0 Å². The van der Waals surface area contributed by atoms with E-state index in [2.05, 4.69) is 10.3 Å². The average Bonchev–Trinajstić information content (AvgIpc) is 2.90. The van der Waals surface area contributed by atoms with E-state index in [1.165, 1.54) is 16.2 Å². The summed E-state index contributed by atoms with van der Waals surface area (Å²) < 4.78 is 2.05. The first-order valence-corrected chi connectivity index (χ1v) is 10.6. The lowest BCUT2D eigenvalue weighted by atomic mass is 10.2. The van der Waals surface area contributed by atoms with Gasteiger partial charge in [-0.2, -0.15) is 0 Å². The van der Waals surface area contributed by atoms with Gasteiger partial charge in [-0.05, 0) is 37.0 Å². The molecule has 1 aliphatic rings. The van der Waals surface area contributed by atoms with Crippen LogP contribution in [0.4, 0.5) is 5.82 Å². The summed E-state index contributed by atoms with van der Waals surface area (Å²) in [4.78, 5) is 32.7. The molecule has 0 atom stereocenters. The van der Waals surface area contributed by atoms with Gasteiger partial charge in [-0.15, -0.1) is 0 Å². The molecule has 2 aromatic heterocycles. The summed E-state index contributed by atoms with van der Waals surface area (Å²) in [5.74, 6) is 0.647. The van der Waals surface area contributed by atoms with Crippen molar-refractivity contribution in [3.05, 3.63) is 44.7 Å². The lowest BCUT2D eigenvalue weighted by Gasteiger charge is -2.16. The molecule has 0 bridgehead atoms. The van der Waals surface area contributed by atoms with Gasteiger partial charge in [0.25, 0.3) is 11.5 Å². The number of fused-ring (bicyclic) bond motifs is 1. The molecule has 3 heterocycles. The number of nitrogens with one attached hydrogen (secondary N) is 1. The zero-order valence-corrected chi connectivity index (χ0v) is 18.1. The molecule has 0 radical (unpaired) electrons. The summed E-state index contributed by atoms with van der Waals surface area (Å²) in [5, 5.41) is 3.23. The van der Waals surface area contributed by atoms with E-state index in [0.29, 0.717) is 45.3 Å². The number of carbonyl (C=O) groups excluding carboxylic acids is 1. The molecule has 0 aliphatic carbocycles. The predicted octanol–water partition coefficient (Wildman–Crippen LogP) is 3.68. The molecule has 3 rings (SSSR count). The molecule has 0 saturated carbocycles. The lowest BCUT2D eigenvalue weighted by molar-refractivity contribution is -0.122. The molecule has 1 aliphatic heterocycles. The Bertz CT molecular complexity index is 1030. The van der Waals surface area contributed by atoms with E-state index in [1.54, 1.807) is 17.2 Å². The second-order valence-corrected chi connectivity index (χ2v) is 8.85. The van der Waals surface area contributed by atoms with E-state index in [0.717, 1.165) is 12.0 Å². The van der Waals surface area contributed by atoms with E-state index in [9.17, 15) is 9.59 Å². The highest BCUT2D eigenvalue weighted by Crippen LogP contribution is 2.33. The quantitative estimate of drug-likeness (QED) is 0.572. The van der Waals surface area contributed by atoms with E-state index in [4.69, 9.17) is 12.2 Å². The molecule has 28 heavy (non-hydrogen) atoms. The smallest absolute Gasteiger partial charge is 0.267 e. The molecule has 0 spiro atoms. The van der Waals surface area contributed by atoms with E-state index in [-0.39, 0.29) is 11.5 Å². The molecule has 2 aromatic rings. The zero-order valence-electron chi connectivity index (χ0n) is 16.5. The number of hydrogen-bond acceptors (Lipinski definition) is 6. The number of hydrogen-bond donors (Lipinski definition) is 1. The Morgan fingerprint density at radius 3 is 2.79 bits per heavy atom. The number of carbonyl (C=O) groups is 1. The Kier molecular flexibility index (Phi) is 6.20. The Morgan fingerprint density at radius 1 is 1.36 bits per heavy atom. The molecule has 6 nitrogen and oxygen atoms in total. The van der Waals surface area contributed by atoms with Gasteiger partial charge in [0, 0.05) is 19.3 Å². The van der Waals surface area contributed by atoms with Crippen LogP contribution in [0.2, 0.25) is 0 Å². The molecule has 148 valence electrons. The van der Waals surface area contributed by atoms with Gasteiger partial charge in [0.05, 0.1) is 10.5 Å². The van der Waals surface area contributed by atoms with Crippen LogP contribution in [0.5, 0.6) is 0 Å². The van der Waals surface area contributed by atoms with Crippen LogP contribution in [0.1, 0.15) is 38.3 Å². The molecular weight excluding hydrogens is 392 g/mol. The Morgan fingerprint density at radius 2 is 2.11 bits per heavy atom. The maximum Gasteiger partial charge on any atom is 0.267 e. The standard InChI is InChI=1S/C20H24N4O2S2/c1-5-8-21-16-14(18(25)23-9-6-7-13(4)17(23)22-16)10-15-19(26)24(11-12(2)3)20(27)28-15/h6-7,9-10,12,21H,5,8,11H2,1-4H3/b15-10-. The van der Waals surface area contributed by atoms with Crippen LogP contribution in [-0.4, -0.2) is 37.6 Å². The van der Waals surface area contributed by atoms with Crippen LogP contribution in [0.3, 0.4) is 0 Å². The molecule has 8 heteroatoms.